The van der Waals surface area contributed by atoms with E-state index in [9.17, 15) is 9.59 Å². The van der Waals surface area contributed by atoms with Crippen LogP contribution in [0.25, 0.3) is 11.3 Å². The molecule has 1 aliphatic heterocycles. The second-order valence-electron chi connectivity index (χ2n) is 7.37. The van der Waals surface area contributed by atoms with Crippen molar-refractivity contribution in [1.29, 1.82) is 0 Å². The van der Waals surface area contributed by atoms with Crippen LogP contribution >= 0.6 is 0 Å². The first-order valence-electron chi connectivity index (χ1n) is 10.2. The lowest BCUT2D eigenvalue weighted by molar-refractivity contribution is -0.126. The normalized spacial score (nSPS) is 16.0. The van der Waals surface area contributed by atoms with E-state index in [2.05, 4.69) is 15.5 Å². The van der Waals surface area contributed by atoms with E-state index >= 15 is 0 Å². The molecule has 0 saturated carbocycles. The molecule has 1 saturated heterocycles. The van der Waals surface area contributed by atoms with Gasteiger partial charge in [-0.15, -0.1) is 0 Å². The predicted octanol–water partition coefficient (Wildman–Crippen LogP) is 3.06. The molecule has 3 aromatic rings. The van der Waals surface area contributed by atoms with Gasteiger partial charge >= 0.3 is 0 Å². The Bertz CT molecular complexity index is 1050. The van der Waals surface area contributed by atoms with E-state index in [1.807, 2.05) is 36.4 Å². The zero-order valence-corrected chi connectivity index (χ0v) is 17.3. The van der Waals surface area contributed by atoms with Crippen molar-refractivity contribution in [3.63, 3.8) is 0 Å². The third-order valence-electron chi connectivity index (χ3n) is 5.36. The number of nitrogens with one attached hydrogen (secondary N) is 1. The molecule has 1 fully saturated rings. The van der Waals surface area contributed by atoms with E-state index in [4.69, 9.17) is 9.26 Å². The van der Waals surface area contributed by atoms with Gasteiger partial charge in [-0.25, -0.2) is 0 Å². The van der Waals surface area contributed by atoms with E-state index in [-0.39, 0.29) is 17.5 Å². The number of amides is 2. The van der Waals surface area contributed by atoms with E-state index in [1.165, 1.54) is 0 Å². The Labute approximate surface area is 180 Å². The molecule has 0 radical (unpaired) electrons. The zero-order chi connectivity index (χ0) is 21.6. The second-order valence-corrected chi connectivity index (χ2v) is 7.37. The number of hydrogen-bond donors (Lipinski definition) is 1. The Kier molecular flexibility index (Phi) is 6.26. The summed E-state index contributed by atoms with van der Waals surface area (Å²) in [6.45, 7) is 0.869. The van der Waals surface area contributed by atoms with Gasteiger partial charge in [-0.1, -0.05) is 23.4 Å². The highest BCUT2D eigenvalue weighted by molar-refractivity contribution is 5.97. The summed E-state index contributed by atoms with van der Waals surface area (Å²) < 4.78 is 10.8. The predicted molar refractivity (Wildman–Crippen MR) is 113 cm³/mol. The lowest BCUT2D eigenvalue weighted by atomic mass is 10.0. The zero-order valence-electron chi connectivity index (χ0n) is 17.3. The lowest BCUT2D eigenvalue weighted by Gasteiger charge is -2.34. The van der Waals surface area contributed by atoms with Gasteiger partial charge in [0, 0.05) is 31.5 Å². The molecule has 160 valence electrons. The summed E-state index contributed by atoms with van der Waals surface area (Å²) in [4.78, 5) is 31.7. The number of hydrogen-bond acceptors (Lipinski definition) is 6. The number of carbonyl (C=O) groups excluding carboxylic acids is 2. The van der Waals surface area contributed by atoms with Gasteiger partial charge < -0.3 is 19.5 Å². The number of pyridine rings is 1. The Morgan fingerprint density at radius 1 is 1.23 bits per heavy atom. The molecule has 8 heteroatoms. The highest BCUT2D eigenvalue weighted by Gasteiger charge is 2.34. The molecule has 0 unspecified atom stereocenters. The minimum Gasteiger partial charge on any atom is -0.496 e. The number of methoxy groups -OCH3 is 1. The fraction of sp³-hybridized carbons (Fsp3) is 0.304. The molecule has 2 aromatic heterocycles. The minimum absolute atomic E-state index is 0.174. The van der Waals surface area contributed by atoms with E-state index in [0.717, 1.165) is 18.4 Å². The van der Waals surface area contributed by atoms with Gasteiger partial charge in [0.15, 0.2) is 11.5 Å². The Morgan fingerprint density at radius 3 is 2.90 bits per heavy atom. The number of rotatable bonds is 6. The van der Waals surface area contributed by atoms with E-state index in [0.29, 0.717) is 36.6 Å². The van der Waals surface area contributed by atoms with Gasteiger partial charge in [-0.05, 0) is 43.0 Å². The summed E-state index contributed by atoms with van der Waals surface area (Å²) in [5, 5.41) is 6.89. The third-order valence-corrected chi connectivity index (χ3v) is 5.36. The van der Waals surface area contributed by atoms with Crippen LogP contribution in [0.1, 0.15) is 35.3 Å². The fourth-order valence-corrected chi connectivity index (χ4v) is 3.76. The third kappa shape index (κ3) is 4.58. The van der Waals surface area contributed by atoms with Crippen LogP contribution in [0, 0.1) is 0 Å². The molecular formula is C23H24N4O4. The monoisotopic (exact) mass is 420 g/mol. The van der Waals surface area contributed by atoms with Crippen molar-refractivity contribution in [2.24, 2.45) is 0 Å². The van der Waals surface area contributed by atoms with Crippen LogP contribution in [0.4, 0.5) is 0 Å². The largest absolute Gasteiger partial charge is 0.496 e. The molecule has 8 nitrogen and oxygen atoms in total. The molecule has 2 amide bonds. The maximum absolute atomic E-state index is 13.2. The van der Waals surface area contributed by atoms with Crippen molar-refractivity contribution in [3.8, 4) is 17.1 Å². The second kappa shape index (κ2) is 9.42. The van der Waals surface area contributed by atoms with Crippen LogP contribution in [0.5, 0.6) is 5.75 Å². The number of benzene rings is 1. The molecule has 0 bridgehead atoms. The molecule has 1 aliphatic rings. The van der Waals surface area contributed by atoms with Crippen LogP contribution in [0.2, 0.25) is 0 Å². The SMILES string of the molecule is COc1ccccc1-c1cc(C(=O)N2CCCC[C@H]2C(=O)NCc2cccnc2)no1. The molecule has 1 atom stereocenters. The summed E-state index contributed by atoms with van der Waals surface area (Å²) in [5.41, 5.74) is 1.79. The quantitative estimate of drug-likeness (QED) is 0.658. The van der Waals surface area contributed by atoms with Gasteiger partial charge in [0.25, 0.3) is 5.91 Å². The average Bonchev–Trinajstić information content (AvgIpc) is 3.33. The van der Waals surface area contributed by atoms with Gasteiger partial charge in [0.1, 0.15) is 11.8 Å². The first-order valence-corrected chi connectivity index (χ1v) is 10.2. The highest BCUT2D eigenvalue weighted by Crippen LogP contribution is 2.30. The molecular weight excluding hydrogens is 396 g/mol. The van der Waals surface area contributed by atoms with Crippen molar-refractivity contribution in [3.05, 3.63) is 66.1 Å². The van der Waals surface area contributed by atoms with Crippen LogP contribution in [0.15, 0.2) is 59.4 Å². The van der Waals surface area contributed by atoms with Crippen molar-refractivity contribution >= 4 is 11.8 Å². The minimum atomic E-state index is -0.538. The van der Waals surface area contributed by atoms with Crippen LogP contribution in [-0.2, 0) is 11.3 Å². The van der Waals surface area contributed by atoms with Crippen LogP contribution < -0.4 is 10.1 Å². The number of carbonyl (C=O) groups is 2. The summed E-state index contributed by atoms with van der Waals surface area (Å²) in [6.07, 6.45) is 5.74. The van der Waals surface area contributed by atoms with Gasteiger partial charge in [-0.3, -0.25) is 14.6 Å². The smallest absolute Gasteiger partial charge is 0.276 e. The van der Waals surface area contributed by atoms with Gasteiger partial charge in [0.2, 0.25) is 5.91 Å². The first kappa shape index (κ1) is 20.6. The first-order chi connectivity index (χ1) is 15.2. The molecule has 0 spiro atoms. The van der Waals surface area contributed by atoms with E-state index < -0.39 is 6.04 Å². The molecule has 3 heterocycles. The number of aromatic nitrogens is 2. The number of para-hydroxylation sites is 1. The Balaban J connectivity index is 1.48. The van der Waals surface area contributed by atoms with Crippen molar-refractivity contribution in [1.82, 2.24) is 20.4 Å². The van der Waals surface area contributed by atoms with Gasteiger partial charge in [0.05, 0.1) is 12.7 Å². The van der Waals surface area contributed by atoms with Gasteiger partial charge in [-0.2, -0.15) is 0 Å². The van der Waals surface area contributed by atoms with Crippen molar-refractivity contribution in [2.75, 3.05) is 13.7 Å². The molecule has 1 aromatic carbocycles. The molecule has 4 rings (SSSR count). The topological polar surface area (TPSA) is 97.6 Å². The summed E-state index contributed by atoms with van der Waals surface area (Å²) in [7, 11) is 1.57. The molecule has 0 aliphatic carbocycles. The standard InChI is InChI=1S/C23H24N4O4/c1-30-20-10-3-2-8-17(20)21-13-18(26-31-21)23(29)27-12-5-4-9-19(27)22(28)25-15-16-7-6-11-24-14-16/h2-3,6-8,10-11,13-14,19H,4-5,9,12,15H2,1H3,(H,25,28)/t19-/m0/s1. The fourth-order valence-electron chi connectivity index (χ4n) is 3.76. The lowest BCUT2D eigenvalue weighted by Crippen LogP contribution is -2.51. The Hall–Kier alpha value is -3.68. The van der Waals surface area contributed by atoms with Crippen molar-refractivity contribution < 1.29 is 18.8 Å². The highest BCUT2D eigenvalue weighted by atomic mass is 16.5. The summed E-state index contributed by atoms with van der Waals surface area (Å²) >= 11 is 0. The van der Waals surface area contributed by atoms with Crippen LogP contribution in [-0.4, -0.2) is 46.6 Å². The molecule has 31 heavy (non-hydrogen) atoms. The number of piperidine rings is 1. The Morgan fingerprint density at radius 2 is 2.10 bits per heavy atom. The number of ether oxygens (including phenoxy) is 1. The average molecular weight is 420 g/mol. The van der Waals surface area contributed by atoms with E-state index in [1.54, 1.807) is 30.5 Å². The van der Waals surface area contributed by atoms with Crippen LogP contribution in [0.3, 0.4) is 0 Å². The number of likely N-dealkylation sites (tertiary alicyclic amines) is 1. The maximum Gasteiger partial charge on any atom is 0.276 e. The number of nitrogens with zero attached hydrogens (tertiary/aromatic N) is 3. The molecule has 1 N–H and O–H groups in total. The summed E-state index contributed by atoms with van der Waals surface area (Å²) in [6, 6.07) is 12.1. The van der Waals surface area contributed by atoms with Crippen molar-refractivity contribution in [2.45, 2.75) is 31.8 Å². The summed E-state index contributed by atoms with van der Waals surface area (Å²) in [5.74, 6) is 0.579. The maximum atomic E-state index is 13.2.